The molecular weight excluding hydrogens is 246 g/mol. The monoisotopic (exact) mass is 257 g/mol. The van der Waals surface area contributed by atoms with Crippen LogP contribution in [0.15, 0.2) is 22.7 Å². The highest BCUT2D eigenvalue weighted by molar-refractivity contribution is 9.10. The van der Waals surface area contributed by atoms with Crippen molar-refractivity contribution in [3.63, 3.8) is 0 Å². The SMILES string of the molecule is COc1ccc(Br)cc1C1(N)COC1. The van der Waals surface area contributed by atoms with Gasteiger partial charge in [0.05, 0.1) is 25.9 Å². The Kier molecular flexibility index (Phi) is 2.51. The van der Waals surface area contributed by atoms with Gasteiger partial charge in [0, 0.05) is 10.0 Å². The Balaban J connectivity index is 2.43. The Morgan fingerprint density at radius 3 is 2.71 bits per heavy atom. The van der Waals surface area contributed by atoms with Crippen molar-refractivity contribution in [1.29, 1.82) is 0 Å². The Labute approximate surface area is 91.3 Å². The number of ether oxygens (including phenoxy) is 2. The lowest BCUT2D eigenvalue weighted by Crippen LogP contribution is -2.54. The van der Waals surface area contributed by atoms with Gasteiger partial charge in [-0.15, -0.1) is 0 Å². The first-order valence-corrected chi connectivity index (χ1v) is 5.16. The molecule has 0 aliphatic carbocycles. The average Bonchev–Trinajstić information content (AvgIpc) is 2.14. The number of halogens is 1. The van der Waals surface area contributed by atoms with Crippen molar-refractivity contribution in [1.82, 2.24) is 0 Å². The first kappa shape index (κ1) is 9.96. The number of benzene rings is 1. The van der Waals surface area contributed by atoms with Crippen LogP contribution in [0.4, 0.5) is 0 Å². The molecule has 1 heterocycles. The number of methoxy groups -OCH3 is 1. The zero-order valence-corrected chi connectivity index (χ0v) is 9.50. The van der Waals surface area contributed by atoms with E-state index in [4.69, 9.17) is 15.2 Å². The Morgan fingerprint density at radius 1 is 1.50 bits per heavy atom. The predicted molar refractivity (Wildman–Crippen MR) is 57.4 cm³/mol. The zero-order chi connectivity index (χ0) is 10.2. The minimum absolute atomic E-state index is 0.380. The topological polar surface area (TPSA) is 44.5 Å². The fraction of sp³-hybridized carbons (Fsp3) is 0.400. The van der Waals surface area contributed by atoms with E-state index in [9.17, 15) is 0 Å². The molecule has 0 aromatic heterocycles. The maximum Gasteiger partial charge on any atom is 0.124 e. The van der Waals surface area contributed by atoms with Gasteiger partial charge in [-0.1, -0.05) is 15.9 Å². The van der Waals surface area contributed by atoms with Gasteiger partial charge in [-0.05, 0) is 18.2 Å². The second kappa shape index (κ2) is 3.53. The summed E-state index contributed by atoms with van der Waals surface area (Å²) in [5.74, 6) is 0.819. The molecule has 0 atom stereocenters. The molecule has 4 heteroatoms. The van der Waals surface area contributed by atoms with E-state index in [1.165, 1.54) is 0 Å². The molecule has 1 saturated heterocycles. The summed E-state index contributed by atoms with van der Waals surface area (Å²) in [4.78, 5) is 0. The van der Waals surface area contributed by atoms with Gasteiger partial charge in [0.1, 0.15) is 5.75 Å². The molecule has 1 aliphatic heterocycles. The average molecular weight is 258 g/mol. The summed E-state index contributed by atoms with van der Waals surface area (Å²) >= 11 is 3.42. The Bertz CT molecular complexity index is 350. The summed E-state index contributed by atoms with van der Waals surface area (Å²) in [5, 5.41) is 0. The lowest BCUT2D eigenvalue weighted by molar-refractivity contribution is -0.0578. The predicted octanol–water partition coefficient (Wildman–Crippen LogP) is 1.64. The summed E-state index contributed by atoms with van der Waals surface area (Å²) in [7, 11) is 1.65. The van der Waals surface area contributed by atoms with Crippen LogP contribution in [0, 0.1) is 0 Å². The van der Waals surface area contributed by atoms with Gasteiger partial charge in [-0.25, -0.2) is 0 Å². The molecule has 0 spiro atoms. The van der Waals surface area contributed by atoms with E-state index in [1.54, 1.807) is 7.11 Å². The van der Waals surface area contributed by atoms with Gasteiger partial charge < -0.3 is 15.2 Å². The van der Waals surface area contributed by atoms with Crippen LogP contribution in [0.5, 0.6) is 5.75 Å². The molecule has 1 aromatic carbocycles. The fourth-order valence-electron chi connectivity index (χ4n) is 1.55. The third kappa shape index (κ3) is 1.54. The summed E-state index contributed by atoms with van der Waals surface area (Å²) in [5.41, 5.74) is 6.76. The lowest BCUT2D eigenvalue weighted by Gasteiger charge is -2.38. The molecule has 0 saturated carbocycles. The van der Waals surface area contributed by atoms with E-state index in [0.717, 1.165) is 15.8 Å². The standard InChI is InChI=1S/C10H12BrNO2/c1-13-9-3-2-7(11)4-8(9)10(12)5-14-6-10/h2-4H,5-6,12H2,1H3. The second-order valence-corrected chi connectivity index (χ2v) is 4.41. The van der Waals surface area contributed by atoms with Gasteiger partial charge in [0.2, 0.25) is 0 Å². The molecule has 1 aliphatic rings. The van der Waals surface area contributed by atoms with E-state index < -0.39 is 0 Å². The molecule has 0 radical (unpaired) electrons. The summed E-state index contributed by atoms with van der Waals surface area (Å²) in [6.45, 7) is 1.11. The third-order valence-corrected chi connectivity index (χ3v) is 2.91. The molecule has 0 amide bonds. The summed E-state index contributed by atoms with van der Waals surface area (Å²) < 4.78 is 11.4. The van der Waals surface area contributed by atoms with Crippen LogP contribution in [0.3, 0.4) is 0 Å². The van der Waals surface area contributed by atoms with E-state index in [1.807, 2.05) is 18.2 Å². The minimum Gasteiger partial charge on any atom is -0.496 e. The number of hydrogen-bond donors (Lipinski definition) is 1. The van der Waals surface area contributed by atoms with Crippen molar-refractivity contribution in [2.45, 2.75) is 5.54 Å². The normalized spacial score (nSPS) is 18.8. The molecule has 14 heavy (non-hydrogen) atoms. The Morgan fingerprint density at radius 2 is 2.21 bits per heavy atom. The highest BCUT2D eigenvalue weighted by atomic mass is 79.9. The fourth-order valence-corrected chi connectivity index (χ4v) is 1.91. The molecule has 2 N–H and O–H groups in total. The largest absolute Gasteiger partial charge is 0.496 e. The number of rotatable bonds is 2. The van der Waals surface area contributed by atoms with Crippen LogP contribution in [0.25, 0.3) is 0 Å². The van der Waals surface area contributed by atoms with Crippen molar-refractivity contribution in [2.24, 2.45) is 5.73 Å². The maximum atomic E-state index is 6.14. The molecule has 76 valence electrons. The minimum atomic E-state index is -0.380. The molecule has 2 rings (SSSR count). The van der Waals surface area contributed by atoms with Crippen LogP contribution in [0.2, 0.25) is 0 Å². The van der Waals surface area contributed by atoms with Gasteiger partial charge in [0.15, 0.2) is 0 Å². The summed E-state index contributed by atoms with van der Waals surface area (Å²) in [6, 6.07) is 5.83. The molecule has 0 bridgehead atoms. The smallest absolute Gasteiger partial charge is 0.124 e. The third-order valence-electron chi connectivity index (χ3n) is 2.42. The van der Waals surface area contributed by atoms with Crippen LogP contribution >= 0.6 is 15.9 Å². The van der Waals surface area contributed by atoms with E-state index in [0.29, 0.717) is 13.2 Å². The first-order chi connectivity index (χ1) is 6.65. The molecule has 1 aromatic rings. The molecule has 1 fully saturated rings. The van der Waals surface area contributed by atoms with Gasteiger partial charge in [-0.2, -0.15) is 0 Å². The van der Waals surface area contributed by atoms with E-state index in [2.05, 4.69) is 15.9 Å². The van der Waals surface area contributed by atoms with Gasteiger partial charge in [0.25, 0.3) is 0 Å². The van der Waals surface area contributed by atoms with Crippen molar-refractivity contribution < 1.29 is 9.47 Å². The van der Waals surface area contributed by atoms with E-state index in [-0.39, 0.29) is 5.54 Å². The highest BCUT2D eigenvalue weighted by Crippen LogP contribution is 2.35. The molecular formula is C10H12BrNO2. The van der Waals surface area contributed by atoms with Crippen molar-refractivity contribution >= 4 is 15.9 Å². The van der Waals surface area contributed by atoms with E-state index >= 15 is 0 Å². The van der Waals surface area contributed by atoms with Crippen molar-refractivity contribution in [3.05, 3.63) is 28.2 Å². The quantitative estimate of drug-likeness (QED) is 0.877. The molecule has 0 unspecified atom stereocenters. The lowest BCUT2D eigenvalue weighted by atomic mass is 9.88. The number of nitrogens with two attached hydrogens (primary N) is 1. The number of hydrogen-bond acceptors (Lipinski definition) is 3. The second-order valence-electron chi connectivity index (χ2n) is 3.49. The summed E-state index contributed by atoms with van der Waals surface area (Å²) in [6.07, 6.45) is 0. The van der Waals surface area contributed by atoms with Crippen molar-refractivity contribution in [3.8, 4) is 5.75 Å². The van der Waals surface area contributed by atoms with Gasteiger partial charge >= 0.3 is 0 Å². The van der Waals surface area contributed by atoms with Crippen molar-refractivity contribution in [2.75, 3.05) is 20.3 Å². The van der Waals surface area contributed by atoms with Crippen LogP contribution in [-0.4, -0.2) is 20.3 Å². The van der Waals surface area contributed by atoms with Gasteiger partial charge in [-0.3, -0.25) is 0 Å². The van der Waals surface area contributed by atoms with Crippen LogP contribution < -0.4 is 10.5 Å². The maximum absolute atomic E-state index is 6.14. The Hall–Kier alpha value is -0.580. The molecule has 3 nitrogen and oxygen atoms in total. The van der Waals surface area contributed by atoms with Crippen LogP contribution in [-0.2, 0) is 10.3 Å². The van der Waals surface area contributed by atoms with Crippen LogP contribution in [0.1, 0.15) is 5.56 Å². The zero-order valence-electron chi connectivity index (χ0n) is 7.92. The highest BCUT2D eigenvalue weighted by Gasteiger charge is 2.38. The first-order valence-electron chi connectivity index (χ1n) is 4.36.